The molecule has 4 N–H and O–H groups in total. The van der Waals surface area contributed by atoms with Crippen molar-refractivity contribution in [2.24, 2.45) is 11.8 Å². The Balaban J connectivity index is 1.54. The number of morpholine rings is 1. The summed E-state index contributed by atoms with van der Waals surface area (Å²) in [7, 11) is 0. The highest BCUT2D eigenvalue weighted by Gasteiger charge is 2.50. The second-order valence-electron chi connectivity index (χ2n) is 15.0. The Morgan fingerprint density at radius 1 is 0.863 bits per heavy atom. The summed E-state index contributed by atoms with van der Waals surface area (Å²) < 4.78 is 11.5. The zero-order valence-electron chi connectivity index (χ0n) is 31.3. The lowest BCUT2D eigenvalue weighted by Gasteiger charge is -2.40. The summed E-state index contributed by atoms with van der Waals surface area (Å²) in [6, 6.07) is 17.1. The van der Waals surface area contributed by atoms with E-state index >= 15 is 0 Å². The number of ether oxygens (including phenoxy) is 2. The van der Waals surface area contributed by atoms with Gasteiger partial charge in [0.1, 0.15) is 17.9 Å². The minimum absolute atomic E-state index is 0.0935. The maximum absolute atomic E-state index is 14.2. The molecule has 11 heteroatoms. The standard InChI is InChI=1S/C40H59N5O6/c1-27(2)21-33(37(47)40(6)26-51-40)43-39(49)35(23-31-15-11-8-12-16-31)44-38(48)34(22-28(3)4)42-24-32(18-17-30-13-9-7-10-14-30)45(29(5)46)36-25-41-19-20-50-36/h7-16,27-28,32-36,41-42H,17-26H2,1-6H3,(H,43,49)(H,44,48)/t32?,33?,34?,35?,36?,40-/m1/s1. The number of amides is 3. The summed E-state index contributed by atoms with van der Waals surface area (Å²) >= 11 is 0. The van der Waals surface area contributed by atoms with Crippen molar-refractivity contribution in [3.05, 3.63) is 71.8 Å². The van der Waals surface area contributed by atoms with E-state index in [2.05, 4.69) is 47.2 Å². The molecular formula is C40H59N5O6. The largest absolute Gasteiger partial charge is 0.361 e. The molecule has 2 aliphatic rings. The number of hydrogen-bond donors (Lipinski definition) is 4. The molecule has 0 aromatic heterocycles. The van der Waals surface area contributed by atoms with Crippen molar-refractivity contribution in [2.45, 2.75) is 110 Å². The Morgan fingerprint density at radius 3 is 1.98 bits per heavy atom. The molecule has 2 heterocycles. The van der Waals surface area contributed by atoms with Gasteiger partial charge in [-0.25, -0.2) is 0 Å². The lowest BCUT2D eigenvalue weighted by molar-refractivity contribution is -0.152. The number of aryl methyl sites for hydroxylation is 1. The summed E-state index contributed by atoms with van der Waals surface area (Å²) in [6.45, 7) is 13.9. The lowest BCUT2D eigenvalue weighted by Crippen LogP contribution is -2.60. The molecule has 2 saturated heterocycles. The Morgan fingerprint density at radius 2 is 1.43 bits per heavy atom. The van der Waals surface area contributed by atoms with Crippen molar-refractivity contribution in [1.82, 2.24) is 26.2 Å². The SMILES string of the molecule is CC(=O)N(C(CCc1ccccc1)CNC(CC(C)C)C(=O)NC(Cc1ccccc1)C(=O)NC(CC(C)C)C(=O)[C@@]1(C)CO1)C1CNCCO1. The monoisotopic (exact) mass is 705 g/mol. The first-order valence-electron chi connectivity index (χ1n) is 18.6. The first-order chi connectivity index (χ1) is 24.4. The number of Topliss-reactive ketones (excluding diaryl/α,β-unsaturated/α-hetero) is 1. The number of carbonyl (C=O) groups excluding carboxylic acids is 4. The maximum atomic E-state index is 14.2. The van der Waals surface area contributed by atoms with Gasteiger partial charge in [-0.2, -0.15) is 0 Å². The van der Waals surface area contributed by atoms with Gasteiger partial charge >= 0.3 is 0 Å². The second kappa shape index (κ2) is 19.3. The molecule has 2 fully saturated rings. The zero-order valence-corrected chi connectivity index (χ0v) is 31.3. The fraction of sp³-hybridized carbons (Fsp3) is 0.600. The molecule has 5 unspecified atom stereocenters. The van der Waals surface area contributed by atoms with E-state index < -0.39 is 35.9 Å². The van der Waals surface area contributed by atoms with Crippen LogP contribution >= 0.6 is 0 Å². The van der Waals surface area contributed by atoms with E-state index in [1.54, 1.807) is 18.7 Å². The minimum Gasteiger partial charge on any atom is -0.361 e. The molecule has 0 aliphatic carbocycles. The van der Waals surface area contributed by atoms with E-state index in [9.17, 15) is 19.2 Å². The summed E-state index contributed by atoms with van der Waals surface area (Å²) in [4.78, 5) is 56.5. The van der Waals surface area contributed by atoms with E-state index in [0.717, 1.165) is 24.1 Å². The Hall–Kier alpha value is -3.64. The van der Waals surface area contributed by atoms with Crippen molar-refractivity contribution in [1.29, 1.82) is 0 Å². The fourth-order valence-electron chi connectivity index (χ4n) is 6.70. The predicted molar refractivity (Wildman–Crippen MR) is 198 cm³/mol. The maximum Gasteiger partial charge on any atom is 0.243 e. The third kappa shape index (κ3) is 12.5. The predicted octanol–water partition coefficient (Wildman–Crippen LogP) is 3.40. The van der Waals surface area contributed by atoms with Crippen LogP contribution in [0.5, 0.6) is 0 Å². The van der Waals surface area contributed by atoms with Gasteiger partial charge in [0.2, 0.25) is 17.7 Å². The van der Waals surface area contributed by atoms with Gasteiger partial charge in [0.05, 0.1) is 25.3 Å². The number of ketones is 1. The molecule has 2 aromatic carbocycles. The van der Waals surface area contributed by atoms with Gasteiger partial charge in [-0.3, -0.25) is 19.2 Å². The molecule has 3 amide bonds. The van der Waals surface area contributed by atoms with Crippen LogP contribution in [0.1, 0.15) is 71.9 Å². The lowest BCUT2D eigenvalue weighted by atomic mass is 9.93. The van der Waals surface area contributed by atoms with Gasteiger partial charge in [0.15, 0.2) is 5.78 Å². The highest BCUT2D eigenvalue weighted by Crippen LogP contribution is 2.29. The summed E-state index contributed by atoms with van der Waals surface area (Å²) in [5.41, 5.74) is 1.16. The van der Waals surface area contributed by atoms with Gasteiger partial charge < -0.3 is 35.6 Å². The van der Waals surface area contributed by atoms with Gasteiger partial charge in [0.25, 0.3) is 0 Å². The number of epoxide rings is 1. The molecule has 4 rings (SSSR count). The van der Waals surface area contributed by atoms with E-state index in [0.29, 0.717) is 45.6 Å². The molecule has 0 spiro atoms. The average Bonchev–Trinajstić information content (AvgIpc) is 3.86. The number of nitrogens with one attached hydrogen (secondary N) is 4. The molecule has 6 atom stereocenters. The highest BCUT2D eigenvalue weighted by atomic mass is 16.6. The van der Waals surface area contributed by atoms with Crippen LogP contribution in [0.2, 0.25) is 0 Å². The van der Waals surface area contributed by atoms with E-state index in [4.69, 9.17) is 9.47 Å². The van der Waals surface area contributed by atoms with Gasteiger partial charge in [-0.15, -0.1) is 0 Å². The molecule has 0 radical (unpaired) electrons. The molecule has 11 nitrogen and oxygen atoms in total. The molecule has 280 valence electrons. The Kier molecular flexibility index (Phi) is 15.2. The summed E-state index contributed by atoms with van der Waals surface area (Å²) in [6.07, 6.45) is 2.23. The second-order valence-corrected chi connectivity index (χ2v) is 15.0. The van der Waals surface area contributed by atoms with Crippen LogP contribution in [0.4, 0.5) is 0 Å². The van der Waals surface area contributed by atoms with Crippen LogP contribution in [0.25, 0.3) is 0 Å². The van der Waals surface area contributed by atoms with E-state index in [-0.39, 0.29) is 41.9 Å². The molecule has 2 aliphatic heterocycles. The highest BCUT2D eigenvalue weighted by molar-refractivity contribution is 5.98. The Bertz CT molecular complexity index is 1410. The van der Waals surface area contributed by atoms with E-state index in [1.807, 2.05) is 62.4 Å². The summed E-state index contributed by atoms with van der Waals surface area (Å²) in [5.74, 6) is -0.645. The molecular weight excluding hydrogens is 646 g/mol. The topological polar surface area (TPSA) is 141 Å². The number of benzene rings is 2. The summed E-state index contributed by atoms with van der Waals surface area (Å²) in [5, 5.41) is 12.9. The van der Waals surface area contributed by atoms with Crippen LogP contribution in [0, 0.1) is 11.8 Å². The molecule has 2 aromatic rings. The quantitative estimate of drug-likeness (QED) is 0.154. The van der Waals surface area contributed by atoms with Crippen LogP contribution in [0.3, 0.4) is 0 Å². The van der Waals surface area contributed by atoms with Gasteiger partial charge in [-0.05, 0) is 55.6 Å². The number of hydrogen-bond acceptors (Lipinski definition) is 8. The van der Waals surface area contributed by atoms with E-state index in [1.165, 1.54) is 0 Å². The molecule has 0 saturated carbocycles. The van der Waals surface area contributed by atoms with Crippen molar-refractivity contribution in [2.75, 3.05) is 32.8 Å². The van der Waals surface area contributed by atoms with Crippen molar-refractivity contribution < 1.29 is 28.7 Å². The number of carbonyl (C=O) groups is 4. The van der Waals surface area contributed by atoms with Crippen molar-refractivity contribution >= 4 is 23.5 Å². The third-order valence-electron chi connectivity index (χ3n) is 9.56. The Labute approximate surface area is 304 Å². The van der Waals surface area contributed by atoms with Crippen molar-refractivity contribution in [3.63, 3.8) is 0 Å². The van der Waals surface area contributed by atoms with Crippen LogP contribution in [-0.2, 0) is 41.5 Å². The average molecular weight is 706 g/mol. The molecule has 0 bridgehead atoms. The number of nitrogens with zero attached hydrogens (tertiary/aromatic N) is 1. The van der Waals surface area contributed by atoms with Crippen LogP contribution in [-0.4, -0.2) is 97.2 Å². The normalized spacial score (nSPS) is 21.0. The van der Waals surface area contributed by atoms with Crippen LogP contribution in [0.15, 0.2) is 60.7 Å². The number of rotatable bonds is 20. The van der Waals surface area contributed by atoms with Gasteiger partial charge in [-0.1, -0.05) is 88.4 Å². The molecule has 51 heavy (non-hydrogen) atoms. The minimum atomic E-state index is -0.920. The zero-order chi connectivity index (χ0) is 37.0. The first-order valence-corrected chi connectivity index (χ1v) is 18.6. The fourth-order valence-corrected chi connectivity index (χ4v) is 6.70. The van der Waals surface area contributed by atoms with Gasteiger partial charge in [0, 0.05) is 39.0 Å². The third-order valence-corrected chi connectivity index (χ3v) is 9.56. The van der Waals surface area contributed by atoms with Crippen LogP contribution < -0.4 is 21.3 Å². The first kappa shape index (κ1) is 40.1. The van der Waals surface area contributed by atoms with Crippen molar-refractivity contribution in [3.8, 4) is 0 Å². The smallest absolute Gasteiger partial charge is 0.243 e.